The Morgan fingerprint density at radius 3 is 2.28 bits per heavy atom. The van der Waals surface area contributed by atoms with Gasteiger partial charge in [0.1, 0.15) is 0 Å². The van der Waals surface area contributed by atoms with Gasteiger partial charge in [0.2, 0.25) is 0 Å². The fourth-order valence-corrected chi connectivity index (χ4v) is 5.41. The van der Waals surface area contributed by atoms with Gasteiger partial charge in [0.15, 0.2) is 0 Å². The van der Waals surface area contributed by atoms with Gasteiger partial charge in [-0.15, -0.1) is 0 Å². The van der Waals surface area contributed by atoms with E-state index in [1.807, 2.05) is 18.2 Å². The molecule has 0 saturated carbocycles. The van der Waals surface area contributed by atoms with E-state index in [0.29, 0.717) is 12.0 Å². The van der Waals surface area contributed by atoms with Crippen molar-refractivity contribution in [2.24, 2.45) is 5.92 Å². The van der Waals surface area contributed by atoms with Crippen LogP contribution in [0.4, 0.5) is 5.69 Å². The monoisotopic (exact) mass is 484 g/mol. The number of aryl methyl sites for hydroxylation is 1. The van der Waals surface area contributed by atoms with E-state index in [1.165, 1.54) is 34.4 Å². The molecule has 0 spiro atoms. The number of anilines is 1. The highest BCUT2D eigenvalue weighted by atomic mass is 35.5. The van der Waals surface area contributed by atoms with E-state index < -0.39 is 0 Å². The molecule has 0 radical (unpaired) electrons. The van der Waals surface area contributed by atoms with Crippen LogP contribution in [0.25, 0.3) is 0 Å². The first kappa shape index (κ1) is 23.5. The molecule has 1 aliphatic heterocycles. The second kappa shape index (κ2) is 11.0. The lowest BCUT2D eigenvalue weighted by Gasteiger charge is -2.42. The molecule has 3 aromatic rings. The van der Waals surface area contributed by atoms with E-state index in [4.69, 9.17) is 23.2 Å². The third kappa shape index (κ3) is 5.82. The number of hydrogen-bond acceptors (Lipinski definition) is 3. The molecule has 0 aromatic heterocycles. The van der Waals surface area contributed by atoms with Crippen LogP contribution in [-0.2, 0) is 13.0 Å². The molecule has 3 aromatic carbocycles. The van der Waals surface area contributed by atoms with E-state index >= 15 is 0 Å². The SMILES string of the molecule is CSNCc1ccc(CC2CCC(c3ccc(Cl)cc3C)N(c3ccc(Cl)cc3)C2)cc1. The van der Waals surface area contributed by atoms with Gasteiger partial charge in [-0.25, -0.2) is 0 Å². The van der Waals surface area contributed by atoms with Gasteiger partial charge in [-0.1, -0.05) is 65.5 Å². The van der Waals surface area contributed by atoms with Crippen LogP contribution in [0.3, 0.4) is 0 Å². The van der Waals surface area contributed by atoms with Crippen molar-refractivity contribution in [2.45, 2.75) is 38.8 Å². The highest BCUT2D eigenvalue weighted by Crippen LogP contribution is 2.40. The lowest BCUT2D eigenvalue weighted by atomic mass is 9.84. The third-order valence-corrected chi connectivity index (χ3v) is 7.32. The Bertz CT molecular complexity index is 1020. The van der Waals surface area contributed by atoms with Crippen LogP contribution in [0.2, 0.25) is 10.0 Å². The average molecular weight is 486 g/mol. The Kier molecular flexibility index (Phi) is 8.07. The van der Waals surface area contributed by atoms with Crippen molar-refractivity contribution in [3.05, 3.63) is 99.0 Å². The van der Waals surface area contributed by atoms with Crippen molar-refractivity contribution in [3.63, 3.8) is 0 Å². The van der Waals surface area contributed by atoms with Gasteiger partial charge in [0.05, 0.1) is 6.04 Å². The van der Waals surface area contributed by atoms with E-state index in [-0.39, 0.29) is 0 Å². The van der Waals surface area contributed by atoms with Gasteiger partial charge in [-0.05, 0) is 97.0 Å². The topological polar surface area (TPSA) is 15.3 Å². The number of rotatable bonds is 7. The fraction of sp³-hybridized carbons (Fsp3) is 0.333. The Hall–Kier alpha value is -1.65. The molecule has 0 amide bonds. The molecule has 168 valence electrons. The van der Waals surface area contributed by atoms with Crippen molar-refractivity contribution in [1.82, 2.24) is 4.72 Å². The first-order valence-corrected chi connectivity index (χ1v) is 13.1. The minimum Gasteiger partial charge on any atom is -0.364 e. The first-order chi connectivity index (χ1) is 15.5. The summed E-state index contributed by atoms with van der Waals surface area (Å²) in [4.78, 5) is 2.57. The highest BCUT2D eigenvalue weighted by Gasteiger charge is 2.30. The minimum absolute atomic E-state index is 0.352. The molecule has 1 saturated heterocycles. The summed E-state index contributed by atoms with van der Waals surface area (Å²) in [6.45, 7) is 4.10. The van der Waals surface area contributed by atoms with Crippen molar-refractivity contribution in [3.8, 4) is 0 Å². The molecule has 2 nitrogen and oxygen atoms in total. The molecule has 1 fully saturated rings. The van der Waals surface area contributed by atoms with Crippen LogP contribution in [0.5, 0.6) is 0 Å². The molecule has 4 rings (SSSR count). The molecule has 1 aliphatic rings. The van der Waals surface area contributed by atoms with Gasteiger partial charge in [-0.2, -0.15) is 0 Å². The summed E-state index contributed by atoms with van der Waals surface area (Å²) < 4.78 is 3.31. The minimum atomic E-state index is 0.352. The summed E-state index contributed by atoms with van der Waals surface area (Å²) >= 11 is 14.1. The smallest absolute Gasteiger partial charge is 0.0545 e. The summed E-state index contributed by atoms with van der Waals surface area (Å²) in [5.74, 6) is 0.615. The van der Waals surface area contributed by atoms with Crippen molar-refractivity contribution in [1.29, 1.82) is 0 Å². The van der Waals surface area contributed by atoms with Crippen molar-refractivity contribution >= 4 is 40.8 Å². The average Bonchev–Trinajstić information content (AvgIpc) is 2.79. The van der Waals surface area contributed by atoms with Gasteiger partial charge in [0, 0.05) is 28.8 Å². The van der Waals surface area contributed by atoms with Gasteiger partial charge < -0.3 is 4.90 Å². The maximum absolute atomic E-state index is 6.25. The third-order valence-electron chi connectivity index (χ3n) is 6.40. The number of piperidine rings is 1. The van der Waals surface area contributed by atoms with Crippen LogP contribution in [0.1, 0.15) is 41.1 Å². The van der Waals surface area contributed by atoms with Gasteiger partial charge in [0.25, 0.3) is 0 Å². The Morgan fingerprint density at radius 1 is 0.906 bits per heavy atom. The molecule has 5 heteroatoms. The highest BCUT2D eigenvalue weighted by molar-refractivity contribution is 7.96. The largest absolute Gasteiger partial charge is 0.364 e. The summed E-state index contributed by atoms with van der Waals surface area (Å²) in [5.41, 5.74) is 6.60. The molecule has 1 N–H and O–H groups in total. The molecule has 1 heterocycles. The zero-order valence-electron chi connectivity index (χ0n) is 18.7. The molecule has 2 atom stereocenters. The summed E-state index contributed by atoms with van der Waals surface area (Å²) in [6, 6.07) is 24.0. The molecule has 0 aliphatic carbocycles. The fourth-order valence-electron chi connectivity index (χ4n) is 4.75. The van der Waals surface area contributed by atoms with Crippen LogP contribution in [0, 0.1) is 12.8 Å². The molecular weight excluding hydrogens is 455 g/mol. The van der Waals surface area contributed by atoms with Crippen LogP contribution < -0.4 is 9.62 Å². The number of nitrogens with zero attached hydrogens (tertiary/aromatic N) is 1. The van der Waals surface area contributed by atoms with E-state index in [2.05, 4.69) is 71.3 Å². The maximum Gasteiger partial charge on any atom is 0.0545 e. The zero-order valence-corrected chi connectivity index (χ0v) is 21.0. The number of benzene rings is 3. The second-order valence-electron chi connectivity index (χ2n) is 8.63. The van der Waals surface area contributed by atoms with Crippen molar-refractivity contribution < 1.29 is 0 Å². The molecule has 0 bridgehead atoms. The molecule has 2 unspecified atom stereocenters. The van der Waals surface area contributed by atoms with Gasteiger partial charge >= 0.3 is 0 Å². The zero-order chi connectivity index (χ0) is 22.5. The van der Waals surface area contributed by atoms with E-state index in [0.717, 1.165) is 36.0 Å². The predicted octanol–water partition coefficient (Wildman–Crippen LogP) is 7.87. The number of nitrogens with one attached hydrogen (secondary N) is 1. The van der Waals surface area contributed by atoms with Gasteiger partial charge in [-0.3, -0.25) is 4.72 Å². The normalized spacial score (nSPS) is 18.7. The summed E-state index contributed by atoms with van der Waals surface area (Å²) in [5, 5.41) is 1.58. The van der Waals surface area contributed by atoms with E-state index in [1.54, 1.807) is 11.9 Å². The van der Waals surface area contributed by atoms with E-state index in [9.17, 15) is 0 Å². The number of halogens is 2. The number of hydrogen-bond donors (Lipinski definition) is 1. The van der Waals surface area contributed by atoms with Crippen molar-refractivity contribution in [2.75, 3.05) is 17.7 Å². The molecular formula is C27H30Cl2N2S. The predicted molar refractivity (Wildman–Crippen MR) is 141 cm³/mol. The second-order valence-corrected chi connectivity index (χ2v) is 10.2. The summed E-state index contributed by atoms with van der Waals surface area (Å²) in [7, 11) is 0. The Balaban J connectivity index is 1.54. The first-order valence-electron chi connectivity index (χ1n) is 11.2. The lowest BCUT2D eigenvalue weighted by molar-refractivity contribution is 0.357. The standard InChI is InChI=1S/C27H30Cl2N2S/c1-19-15-24(29)10-13-26(19)27-14-7-22(18-31(27)25-11-8-23(28)9-12-25)16-20-3-5-21(6-4-20)17-30-32-2/h3-6,8-13,15,22,27,30H,7,14,16-18H2,1-2H3. The summed E-state index contributed by atoms with van der Waals surface area (Å²) in [6.07, 6.45) is 5.51. The van der Waals surface area contributed by atoms with Crippen LogP contribution in [-0.4, -0.2) is 12.8 Å². The Morgan fingerprint density at radius 2 is 1.59 bits per heavy atom. The van der Waals surface area contributed by atoms with Crippen LogP contribution >= 0.6 is 35.1 Å². The Labute approximate surface area is 206 Å². The molecule has 32 heavy (non-hydrogen) atoms. The lowest BCUT2D eigenvalue weighted by Crippen LogP contribution is -2.39. The van der Waals surface area contributed by atoms with Crippen LogP contribution in [0.15, 0.2) is 66.7 Å². The maximum atomic E-state index is 6.25. The quantitative estimate of drug-likeness (QED) is 0.343.